The molecular weight excluding hydrogens is 502 g/mol. The summed E-state index contributed by atoms with van der Waals surface area (Å²) >= 11 is 1.11. The standard InChI is InChI=1S/C26H24F2N4O4S/c1-31-20-8-4-7-15(22(20)24(34)32(2)26(31)35)11-21(33)30-25-29-19(13-37-25)16-9-17(27)23(18(28)10-16)36-12-14-5-3-6-14/h4,7-10,13-14H,3,5-6,11-12H2,1-2H3,(H,29,30,33). The third kappa shape index (κ3) is 4.78. The highest BCUT2D eigenvalue weighted by Gasteiger charge is 2.21. The van der Waals surface area contributed by atoms with Gasteiger partial charge in [-0.15, -0.1) is 11.3 Å². The molecule has 5 rings (SSSR count). The summed E-state index contributed by atoms with van der Waals surface area (Å²) in [5.74, 6) is -2.09. The third-order valence-corrected chi connectivity index (χ3v) is 7.42. The van der Waals surface area contributed by atoms with Gasteiger partial charge in [0.2, 0.25) is 5.91 Å². The van der Waals surface area contributed by atoms with Crippen molar-refractivity contribution in [1.29, 1.82) is 0 Å². The van der Waals surface area contributed by atoms with E-state index in [2.05, 4.69) is 10.3 Å². The van der Waals surface area contributed by atoms with Crippen molar-refractivity contribution in [3.05, 3.63) is 73.7 Å². The van der Waals surface area contributed by atoms with Crippen LogP contribution in [-0.4, -0.2) is 26.6 Å². The van der Waals surface area contributed by atoms with Crippen molar-refractivity contribution in [2.75, 3.05) is 11.9 Å². The van der Waals surface area contributed by atoms with Crippen LogP contribution in [0.15, 0.2) is 45.3 Å². The van der Waals surface area contributed by atoms with Gasteiger partial charge in [-0.25, -0.2) is 18.6 Å². The Morgan fingerprint density at radius 3 is 2.57 bits per heavy atom. The first-order valence-corrected chi connectivity index (χ1v) is 12.7. The maximum absolute atomic E-state index is 14.6. The van der Waals surface area contributed by atoms with E-state index in [1.807, 2.05) is 0 Å². The van der Waals surface area contributed by atoms with Gasteiger partial charge in [0.25, 0.3) is 5.56 Å². The van der Waals surface area contributed by atoms with Gasteiger partial charge in [0.15, 0.2) is 22.5 Å². The molecule has 2 heterocycles. The molecule has 0 radical (unpaired) electrons. The number of carbonyl (C=O) groups is 1. The Bertz CT molecular complexity index is 1620. The fraction of sp³-hybridized carbons (Fsp3) is 0.308. The van der Waals surface area contributed by atoms with Crippen molar-refractivity contribution in [2.24, 2.45) is 20.0 Å². The van der Waals surface area contributed by atoms with Crippen LogP contribution in [0, 0.1) is 17.6 Å². The van der Waals surface area contributed by atoms with E-state index < -0.39 is 34.5 Å². The monoisotopic (exact) mass is 526 g/mol. The number of hydrogen-bond donors (Lipinski definition) is 1. The minimum absolute atomic E-state index is 0.129. The van der Waals surface area contributed by atoms with Crippen molar-refractivity contribution >= 4 is 33.3 Å². The normalized spacial score (nSPS) is 13.5. The zero-order chi connectivity index (χ0) is 26.3. The number of aromatic nitrogens is 3. The molecule has 2 aromatic carbocycles. The summed E-state index contributed by atoms with van der Waals surface area (Å²) < 4.78 is 36.8. The second-order valence-electron chi connectivity index (χ2n) is 9.16. The van der Waals surface area contributed by atoms with E-state index in [9.17, 15) is 23.2 Å². The molecule has 0 atom stereocenters. The predicted octanol–water partition coefficient (Wildman–Crippen LogP) is 4.00. The molecule has 8 nitrogen and oxygen atoms in total. The van der Waals surface area contributed by atoms with E-state index in [4.69, 9.17) is 4.74 Å². The van der Waals surface area contributed by atoms with Gasteiger partial charge in [0, 0.05) is 25.0 Å². The van der Waals surface area contributed by atoms with Crippen LogP contribution in [-0.2, 0) is 25.3 Å². The molecule has 1 aliphatic rings. The molecule has 1 fully saturated rings. The number of anilines is 1. The minimum atomic E-state index is -0.806. The maximum atomic E-state index is 14.6. The van der Waals surface area contributed by atoms with Gasteiger partial charge in [-0.2, -0.15) is 0 Å². The number of fused-ring (bicyclic) bond motifs is 1. The largest absolute Gasteiger partial charge is 0.487 e. The van der Waals surface area contributed by atoms with E-state index in [-0.39, 0.29) is 22.5 Å². The molecule has 1 saturated carbocycles. The van der Waals surface area contributed by atoms with E-state index in [0.717, 1.165) is 47.3 Å². The Morgan fingerprint density at radius 1 is 1.16 bits per heavy atom. The predicted molar refractivity (Wildman–Crippen MR) is 137 cm³/mol. The van der Waals surface area contributed by atoms with Gasteiger partial charge in [0.1, 0.15) is 0 Å². The van der Waals surface area contributed by atoms with Crippen LogP contribution in [0.5, 0.6) is 5.75 Å². The quantitative estimate of drug-likeness (QED) is 0.393. The Morgan fingerprint density at radius 2 is 1.89 bits per heavy atom. The minimum Gasteiger partial charge on any atom is -0.487 e. The van der Waals surface area contributed by atoms with Gasteiger partial charge >= 0.3 is 5.69 Å². The third-order valence-electron chi connectivity index (χ3n) is 6.67. The molecule has 1 N–H and O–H groups in total. The Kier molecular flexibility index (Phi) is 6.63. The van der Waals surface area contributed by atoms with Gasteiger partial charge in [0.05, 0.1) is 29.6 Å². The smallest absolute Gasteiger partial charge is 0.330 e. The fourth-order valence-corrected chi connectivity index (χ4v) is 5.09. The first-order valence-electron chi connectivity index (χ1n) is 11.8. The number of ether oxygens (including phenoxy) is 1. The lowest BCUT2D eigenvalue weighted by atomic mass is 9.86. The summed E-state index contributed by atoms with van der Waals surface area (Å²) in [6.45, 7) is 0.291. The summed E-state index contributed by atoms with van der Waals surface area (Å²) in [5, 5.41) is 4.78. The van der Waals surface area contributed by atoms with Gasteiger partial charge in [-0.05, 0) is 42.5 Å². The van der Waals surface area contributed by atoms with Gasteiger partial charge in [-0.1, -0.05) is 18.6 Å². The zero-order valence-corrected chi connectivity index (χ0v) is 21.0. The molecule has 37 heavy (non-hydrogen) atoms. The summed E-state index contributed by atoms with van der Waals surface area (Å²) in [6.07, 6.45) is 2.99. The molecule has 0 unspecified atom stereocenters. The van der Waals surface area contributed by atoms with Crippen molar-refractivity contribution < 1.29 is 18.3 Å². The van der Waals surface area contributed by atoms with E-state index in [0.29, 0.717) is 29.3 Å². The van der Waals surface area contributed by atoms with Crippen molar-refractivity contribution in [3.8, 4) is 17.0 Å². The second-order valence-corrected chi connectivity index (χ2v) is 10.0. The summed E-state index contributed by atoms with van der Waals surface area (Å²) in [4.78, 5) is 42.0. The molecule has 1 amide bonds. The summed E-state index contributed by atoms with van der Waals surface area (Å²) in [6, 6.07) is 7.30. The molecule has 0 bridgehead atoms. The molecule has 2 aromatic heterocycles. The van der Waals surface area contributed by atoms with E-state index in [1.54, 1.807) is 30.6 Å². The second kappa shape index (κ2) is 9.89. The number of nitrogens with zero attached hydrogens (tertiary/aromatic N) is 3. The molecule has 11 heteroatoms. The van der Waals surface area contributed by atoms with Crippen LogP contribution in [0.4, 0.5) is 13.9 Å². The van der Waals surface area contributed by atoms with Crippen LogP contribution in [0.3, 0.4) is 0 Å². The van der Waals surface area contributed by atoms with E-state index in [1.165, 1.54) is 11.6 Å². The Hall–Kier alpha value is -3.86. The van der Waals surface area contributed by atoms with Crippen molar-refractivity contribution in [1.82, 2.24) is 14.1 Å². The Labute approximate surface area is 214 Å². The van der Waals surface area contributed by atoms with Gasteiger partial charge in [-0.3, -0.25) is 18.7 Å². The number of nitrogens with one attached hydrogen (secondary N) is 1. The number of amides is 1. The molecule has 1 aliphatic carbocycles. The van der Waals surface area contributed by atoms with Crippen LogP contribution in [0.1, 0.15) is 24.8 Å². The number of aryl methyl sites for hydroxylation is 1. The van der Waals surface area contributed by atoms with Crippen LogP contribution < -0.4 is 21.3 Å². The van der Waals surface area contributed by atoms with Crippen LogP contribution >= 0.6 is 11.3 Å². The zero-order valence-electron chi connectivity index (χ0n) is 20.2. The highest BCUT2D eigenvalue weighted by Crippen LogP contribution is 2.33. The number of benzene rings is 2. The number of carbonyl (C=O) groups excluding carboxylic acids is 1. The molecule has 0 saturated heterocycles. The first-order chi connectivity index (χ1) is 17.7. The van der Waals surface area contributed by atoms with E-state index >= 15 is 0 Å². The number of thiazole rings is 1. The fourth-order valence-electron chi connectivity index (χ4n) is 4.35. The molecule has 192 valence electrons. The molecule has 0 spiro atoms. The maximum Gasteiger partial charge on any atom is 0.330 e. The average Bonchev–Trinajstić information content (AvgIpc) is 3.30. The van der Waals surface area contributed by atoms with Crippen LogP contribution in [0.2, 0.25) is 0 Å². The molecule has 0 aliphatic heterocycles. The lowest BCUT2D eigenvalue weighted by molar-refractivity contribution is -0.115. The highest BCUT2D eigenvalue weighted by molar-refractivity contribution is 7.14. The number of hydrogen-bond acceptors (Lipinski definition) is 6. The average molecular weight is 527 g/mol. The number of halogens is 2. The topological polar surface area (TPSA) is 95.2 Å². The SMILES string of the molecule is Cn1c(=O)c2c(CC(=O)Nc3nc(-c4cc(F)c(OCC5CCC5)c(F)c4)cs3)cccc2n(C)c1=O. The molecular formula is C26H24F2N4O4S. The van der Waals surface area contributed by atoms with Crippen molar-refractivity contribution in [2.45, 2.75) is 25.7 Å². The lowest BCUT2D eigenvalue weighted by Crippen LogP contribution is -2.37. The first kappa shape index (κ1) is 24.8. The van der Waals surface area contributed by atoms with Gasteiger partial charge < -0.3 is 10.1 Å². The van der Waals surface area contributed by atoms with Crippen LogP contribution in [0.25, 0.3) is 22.2 Å². The summed E-state index contributed by atoms with van der Waals surface area (Å²) in [7, 11) is 2.94. The van der Waals surface area contributed by atoms with Crippen molar-refractivity contribution in [3.63, 3.8) is 0 Å². The Balaban J connectivity index is 1.32. The summed E-state index contributed by atoms with van der Waals surface area (Å²) in [5.41, 5.74) is 0.477. The molecule has 4 aromatic rings. The lowest BCUT2D eigenvalue weighted by Gasteiger charge is -2.25. The number of rotatable bonds is 7. The highest BCUT2D eigenvalue weighted by atomic mass is 32.1.